The Labute approximate surface area is 172 Å². The highest BCUT2D eigenvalue weighted by atomic mass is 35.5. The molecule has 1 amide bonds. The Morgan fingerprint density at radius 3 is 2.86 bits per heavy atom. The fraction of sp³-hybridized carbons (Fsp3) is 0.167. The Balaban J connectivity index is 1.95. The van der Waals surface area contributed by atoms with Crippen molar-refractivity contribution in [3.8, 4) is 5.75 Å². The van der Waals surface area contributed by atoms with E-state index in [4.69, 9.17) is 27.9 Å². The van der Waals surface area contributed by atoms with Crippen molar-refractivity contribution in [2.45, 2.75) is 18.9 Å². The van der Waals surface area contributed by atoms with Gasteiger partial charge in [-0.05, 0) is 31.2 Å². The van der Waals surface area contributed by atoms with E-state index in [1.165, 1.54) is 31.2 Å². The monoisotopic (exact) mass is 440 g/mol. The Kier molecular flexibility index (Phi) is 4.45. The Morgan fingerprint density at radius 1 is 1.39 bits per heavy atom. The van der Waals surface area contributed by atoms with Gasteiger partial charge in [0, 0.05) is 5.02 Å². The van der Waals surface area contributed by atoms with Crippen LogP contribution in [0.25, 0.3) is 10.2 Å². The number of thiazole rings is 1. The smallest absolute Gasteiger partial charge is 0.307 e. The van der Waals surface area contributed by atoms with Crippen LogP contribution in [0.1, 0.15) is 13.3 Å². The first kappa shape index (κ1) is 18.9. The number of nitrogens with zero attached hydrogens (tertiary/aromatic N) is 2. The molecule has 1 N–H and O–H groups in total. The minimum Gasteiger partial charge on any atom is -0.481 e. The van der Waals surface area contributed by atoms with Gasteiger partial charge in [-0.15, -0.1) is 0 Å². The van der Waals surface area contributed by atoms with E-state index >= 15 is 0 Å². The Morgan fingerprint density at radius 2 is 2.14 bits per heavy atom. The van der Waals surface area contributed by atoms with Crippen molar-refractivity contribution in [3.63, 3.8) is 0 Å². The van der Waals surface area contributed by atoms with Crippen molar-refractivity contribution in [1.82, 2.24) is 4.98 Å². The van der Waals surface area contributed by atoms with Crippen molar-refractivity contribution in [3.05, 3.63) is 46.2 Å². The summed E-state index contributed by atoms with van der Waals surface area (Å²) < 4.78 is 20.8. The first-order valence-electron chi connectivity index (χ1n) is 7.99. The predicted octanol–water partition coefficient (Wildman–Crippen LogP) is 5.03. The highest BCUT2D eigenvalue weighted by Gasteiger charge is 2.48. The van der Waals surface area contributed by atoms with Gasteiger partial charge < -0.3 is 9.84 Å². The predicted molar refractivity (Wildman–Crippen MR) is 104 cm³/mol. The van der Waals surface area contributed by atoms with Gasteiger partial charge in [0.25, 0.3) is 5.91 Å². The van der Waals surface area contributed by atoms with Crippen LogP contribution in [0, 0.1) is 5.82 Å². The highest BCUT2D eigenvalue weighted by molar-refractivity contribution is 7.22. The van der Waals surface area contributed by atoms with Gasteiger partial charge in [0.05, 0.1) is 16.1 Å². The van der Waals surface area contributed by atoms with Crippen LogP contribution in [0.15, 0.2) is 30.3 Å². The summed E-state index contributed by atoms with van der Waals surface area (Å²) in [4.78, 5) is 29.9. The summed E-state index contributed by atoms with van der Waals surface area (Å²) in [6.45, 7) is 1.35. The number of aliphatic carboxylic acids is 1. The van der Waals surface area contributed by atoms with Gasteiger partial charge in [-0.25, -0.2) is 14.3 Å². The number of ether oxygens (including phenoxy) is 1. The number of fused-ring (bicyclic) bond motifs is 2. The van der Waals surface area contributed by atoms with Crippen molar-refractivity contribution in [2.75, 3.05) is 4.90 Å². The van der Waals surface area contributed by atoms with Crippen LogP contribution >= 0.6 is 34.5 Å². The van der Waals surface area contributed by atoms with Crippen LogP contribution in [0.3, 0.4) is 0 Å². The summed E-state index contributed by atoms with van der Waals surface area (Å²) in [5, 5.41) is 10.0. The van der Waals surface area contributed by atoms with Crippen LogP contribution in [0.4, 0.5) is 15.2 Å². The molecule has 10 heteroatoms. The maximum Gasteiger partial charge on any atom is 0.307 e. The summed E-state index contributed by atoms with van der Waals surface area (Å²) in [5.74, 6) is -2.62. The molecular weight excluding hydrogens is 430 g/mol. The number of hydrogen-bond donors (Lipinski definition) is 1. The summed E-state index contributed by atoms with van der Waals surface area (Å²) in [6.07, 6.45) is -0.601. The normalized spacial score (nSPS) is 18.9. The molecule has 6 nitrogen and oxygen atoms in total. The molecule has 0 bridgehead atoms. The molecule has 28 heavy (non-hydrogen) atoms. The van der Waals surface area contributed by atoms with E-state index < -0.39 is 29.7 Å². The fourth-order valence-electron chi connectivity index (χ4n) is 3.04. The maximum atomic E-state index is 14.6. The van der Waals surface area contributed by atoms with Crippen LogP contribution in [-0.4, -0.2) is 27.6 Å². The molecule has 0 saturated heterocycles. The molecule has 0 fully saturated rings. The van der Waals surface area contributed by atoms with E-state index in [0.29, 0.717) is 15.2 Å². The molecule has 144 valence electrons. The van der Waals surface area contributed by atoms with Gasteiger partial charge in [0.15, 0.2) is 16.5 Å². The highest BCUT2D eigenvalue weighted by Crippen LogP contribution is 2.47. The maximum absolute atomic E-state index is 14.6. The average Bonchev–Trinajstić information content (AvgIpc) is 3.00. The summed E-state index contributed by atoms with van der Waals surface area (Å²) in [7, 11) is 0. The number of carboxylic acids is 1. The summed E-state index contributed by atoms with van der Waals surface area (Å²) in [6, 6.07) is 7.21. The third-order valence-electron chi connectivity index (χ3n) is 4.25. The lowest BCUT2D eigenvalue weighted by Crippen LogP contribution is -2.54. The molecule has 1 unspecified atom stereocenters. The third-order valence-corrected chi connectivity index (χ3v) is 5.74. The molecule has 2 aromatic carbocycles. The van der Waals surface area contributed by atoms with E-state index in [0.717, 1.165) is 16.2 Å². The van der Waals surface area contributed by atoms with Crippen molar-refractivity contribution in [1.29, 1.82) is 0 Å². The molecular formula is C18H11Cl2FN2O4S. The van der Waals surface area contributed by atoms with Gasteiger partial charge in [0.1, 0.15) is 17.0 Å². The number of aromatic nitrogens is 1. The Bertz CT molecular complexity index is 1150. The summed E-state index contributed by atoms with van der Waals surface area (Å²) in [5.41, 5.74) is -1.45. The first-order valence-corrected chi connectivity index (χ1v) is 9.56. The summed E-state index contributed by atoms with van der Waals surface area (Å²) >= 11 is 13.3. The number of carboxylic acid groups (broad SMARTS) is 1. The standard InChI is InChI=1S/C18H11Cl2FN2O4S/c1-18(7-13(24)25)16(26)23(15-10(21)3-2-4-11(15)27-18)17-22-14-9(20)5-8(19)6-12(14)28-17/h2-6H,7H2,1H3,(H,24,25). The zero-order valence-electron chi connectivity index (χ0n) is 14.2. The number of benzene rings is 2. The molecule has 1 aromatic heterocycles. The van der Waals surface area contributed by atoms with Crippen molar-refractivity contribution >= 4 is 67.5 Å². The molecule has 0 saturated carbocycles. The average molecular weight is 441 g/mol. The molecule has 0 spiro atoms. The number of para-hydroxylation sites is 1. The van der Waals surface area contributed by atoms with E-state index in [9.17, 15) is 19.1 Å². The number of amides is 1. The molecule has 1 atom stereocenters. The molecule has 1 aliphatic heterocycles. The molecule has 4 rings (SSSR count). The van der Waals surface area contributed by atoms with Crippen LogP contribution < -0.4 is 9.64 Å². The lowest BCUT2D eigenvalue weighted by atomic mass is 9.97. The number of halogens is 3. The Hall–Kier alpha value is -2.42. The lowest BCUT2D eigenvalue weighted by Gasteiger charge is -2.38. The second-order valence-corrected chi connectivity index (χ2v) is 8.21. The molecule has 3 aromatic rings. The number of hydrogen-bond acceptors (Lipinski definition) is 5. The van der Waals surface area contributed by atoms with Gasteiger partial charge in [-0.3, -0.25) is 9.59 Å². The van der Waals surface area contributed by atoms with E-state index in [1.807, 2.05) is 0 Å². The van der Waals surface area contributed by atoms with Crippen LogP contribution in [0.5, 0.6) is 5.75 Å². The molecule has 1 aliphatic rings. The van der Waals surface area contributed by atoms with Crippen LogP contribution in [0.2, 0.25) is 10.0 Å². The van der Waals surface area contributed by atoms with Gasteiger partial charge in [0.2, 0.25) is 0 Å². The van der Waals surface area contributed by atoms with E-state index in [1.54, 1.807) is 6.07 Å². The van der Waals surface area contributed by atoms with Crippen molar-refractivity contribution in [2.24, 2.45) is 0 Å². The van der Waals surface area contributed by atoms with Crippen molar-refractivity contribution < 1.29 is 23.8 Å². The van der Waals surface area contributed by atoms with Gasteiger partial charge >= 0.3 is 5.97 Å². The SMILES string of the molecule is CC1(CC(=O)O)Oc2cccc(F)c2N(c2nc3c(Cl)cc(Cl)cc3s2)C1=O. The molecule has 2 heterocycles. The van der Waals surface area contributed by atoms with Gasteiger partial charge in [-0.2, -0.15) is 0 Å². The lowest BCUT2D eigenvalue weighted by molar-refractivity contribution is -0.148. The number of carbonyl (C=O) groups excluding carboxylic acids is 1. The first-order chi connectivity index (χ1) is 13.2. The molecule has 0 radical (unpaired) electrons. The quantitative estimate of drug-likeness (QED) is 0.617. The van der Waals surface area contributed by atoms with E-state index in [-0.39, 0.29) is 21.6 Å². The zero-order chi connectivity index (χ0) is 20.2. The zero-order valence-corrected chi connectivity index (χ0v) is 16.5. The van der Waals surface area contributed by atoms with Crippen LogP contribution in [-0.2, 0) is 9.59 Å². The number of anilines is 2. The van der Waals surface area contributed by atoms with Gasteiger partial charge in [-0.1, -0.05) is 40.6 Å². The fourth-order valence-corrected chi connectivity index (χ4v) is 4.74. The minimum atomic E-state index is -1.73. The number of rotatable bonds is 3. The molecule has 0 aliphatic carbocycles. The third kappa shape index (κ3) is 2.97. The second kappa shape index (κ2) is 6.58. The second-order valence-electron chi connectivity index (χ2n) is 6.36. The topological polar surface area (TPSA) is 79.7 Å². The largest absolute Gasteiger partial charge is 0.481 e. The minimum absolute atomic E-state index is 0.0479. The number of carbonyl (C=O) groups is 2. The van der Waals surface area contributed by atoms with E-state index in [2.05, 4.69) is 4.98 Å².